The topological polar surface area (TPSA) is 49.9 Å². The maximum atomic E-state index is 12.8. The summed E-state index contributed by atoms with van der Waals surface area (Å²) in [6, 6.07) is 10.3. The molecule has 1 aromatic carbocycles. The van der Waals surface area contributed by atoms with E-state index in [0.29, 0.717) is 38.6 Å². The van der Waals surface area contributed by atoms with Crippen LogP contribution in [-0.4, -0.2) is 60.0 Å². The van der Waals surface area contributed by atoms with Gasteiger partial charge in [0.1, 0.15) is 0 Å². The van der Waals surface area contributed by atoms with Gasteiger partial charge in [-0.05, 0) is 30.7 Å². The predicted molar refractivity (Wildman–Crippen MR) is 98.6 cm³/mol. The largest absolute Gasteiger partial charge is 0.371 e. The molecule has 0 N–H and O–H groups in total. The fourth-order valence-corrected chi connectivity index (χ4v) is 4.73. The van der Waals surface area contributed by atoms with E-state index in [9.17, 15) is 9.59 Å². The van der Waals surface area contributed by atoms with Crippen molar-refractivity contribution in [3.8, 4) is 0 Å². The predicted octanol–water partition coefficient (Wildman–Crippen LogP) is 2.25. The first kappa shape index (κ1) is 17.5. The fraction of sp³-hybridized carbons (Fsp3) is 0.619. The molecule has 4 rings (SSSR count). The van der Waals surface area contributed by atoms with Crippen LogP contribution in [0, 0.1) is 5.92 Å². The van der Waals surface area contributed by atoms with Crippen LogP contribution in [0.2, 0.25) is 0 Å². The monoisotopic (exact) mass is 356 g/mol. The highest BCUT2D eigenvalue weighted by atomic mass is 16.5. The quantitative estimate of drug-likeness (QED) is 0.831. The Kier molecular flexibility index (Phi) is 4.98. The molecule has 1 aliphatic carbocycles. The van der Waals surface area contributed by atoms with E-state index in [1.165, 1.54) is 18.4 Å². The number of hydrogen-bond donors (Lipinski definition) is 0. The highest BCUT2D eigenvalue weighted by Gasteiger charge is 2.41. The van der Waals surface area contributed by atoms with Gasteiger partial charge in [-0.2, -0.15) is 0 Å². The molecule has 1 unspecified atom stereocenters. The molecule has 0 radical (unpaired) electrons. The van der Waals surface area contributed by atoms with Gasteiger partial charge in [-0.1, -0.05) is 43.2 Å². The summed E-state index contributed by atoms with van der Waals surface area (Å²) in [5, 5.41) is 0. The first-order chi connectivity index (χ1) is 12.6. The summed E-state index contributed by atoms with van der Waals surface area (Å²) in [7, 11) is 0. The van der Waals surface area contributed by atoms with Gasteiger partial charge in [0.05, 0.1) is 18.8 Å². The molecule has 26 heavy (non-hydrogen) atoms. The Morgan fingerprint density at radius 2 is 1.96 bits per heavy atom. The molecule has 2 saturated heterocycles. The second-order valence-electron chi connectivity index (χ2n) is 8.09. The van der Waals surface area contributed by atoms with Crippen molar-refractivity contribution in [2.75, 3.05) is 32.8 Å². The average molecular weight is 356 g/mol. The molecule has 140 valence electrons. The van der Waals surface area contributed by atoms with Crippen LogP contribution in [0.5, 0.6) is 0 Å². The zero-order chi connectivity index (χ0) is 18.0. The highest BCUT2D eigenvalue weighted by Crippen LogP contribution is 2.36. The van der Waals surface area contributed by atoms with Crippen molar-refractivity contribution in [3.05, 3.63) is 35.9 Å². The van der Waals surface area contributed by atoms with Crippen molar-refractivity contribution in [2.24, 2.45) is 5.92 Å². The minimum Gasteiger partial charge on any atom is -0.371 e. The van der Waals surface area contributed by atoms with Gasteiger partial charge in [0.2, 0.25) is 11.8 Å². The highest BCUT2D eigenvalue weighted by molar-refractivity contribution is 5.86. The standard InChI is InChI=1S/C21H28N2O3/c24-19-13-18(12-17-6-2-1-3-7-17)14-23(19)15-20(25)22-10-11-26-21(16-22)8-4-5-9-21/h1-3,6-7,18H,4-5,8-16H2. The molecule has 3 aliphatic rings. The van der Waals surface area contributed by atoms with E-state index in [2.05, 4.69) is 12.1 Å². The lowest BCUT2D eigenvalue weighted by molar-refractivity contribution is -0.152. The summed E-state index contributed by atoms with van der Waals surface area (Å²) in [5.74, 6) is 0.500. The molecule has 2 aliphatic heterocycles. The molecule has 1 atom stereocenters. The summed E-state index contributed by atoms with van der Waals surface area (Å²) in [4.78, 5) is 28.8. The molecular weight excluding hydrogens is 328 g/mol. The number of hydrogen-bond acceptors (Lipinski definition) is 3. The number of likely N-dealkylation sites (tertiary alicyclic amines) is 1. The van der Waals surface area contributed by atoms with Crippen molar-refractivity contribution in [1.82, 2.24) is 9.80 Å². The van der Waals surface area contributed by atoms with Crippen LogP contribution in [0.1, 0.15) is 37.7 Å². The minimum atomic E-state index is -0.112. The maximum absolute atomic E-state index is 12.8. The SMILES string of the molecule is O=C1CC(Cc2ccccc2)CN1CC(=O)N1CCOC2(CCCC2)C1. The lowest BCUT2D eigenvalue weighted by Crippen LogP contribution is -2.54. The van der Waals surface area contributed by atoms with Crippen LogP contribution < -0.4 is 0 Å². The Bertz CT molecular complexity index is 654. The molecule has 5 heteroatoms. The van der Waals surface area contributed by atoms with Gasteiger partial charge in [-0.25, -0.2) is 0 Å². The van der Waals surface area contributed by atoms with E-state index >= 15 is 0 Å². The van der Waals surface area contributed by atoms with Crippen LogP contribution in [0.3, 0.4) is 0 Å². The van der Waals surface area contributed by atoms with Crippen LogP contribution in [0.25, 0.3) is 0 Å². The smallest absolute Gasteiger partial charge is 0.242 e. The number of benzene rings is 1. The van der Waals surface area contributed by atoms with Gasteiger partial charge in [0.25, 0.3) is 0 Å². The van der Waals surface area contributed by atoms with E-state index in [1.807, 2.05) is 23.1 Å². The Hall–Kier alpha value is -1.88. The summed E-state index contributed by atoms with van der Waals surface area (Å²) < 4.78 is 6.01. The van der Waals surface area contributed by atoms with Gasteiger partial charge < -0.3 is 14.5 Å². The number of carbonyl (C=O) groups is 2. The summed E-state index contributed by atoms with van der Waals surface area (Å²) in [6.07, 6.45) is 5.94. The van der Waals surface area contributed by atoms with E-state index < -0.39 is 0 Å². The Morgan fingerprint density at radius 1 is 1.19 bits per heavy atom. The summed E-state index contributed by atoms with van der Waals surface area (Å²) >= 11 is 0. The van der Waals surface area contributed by atoms with E-state index in [-0.39, 0.29) is 24.0 Å². The zero-order valence-electron chi connectivity index (χ0n) is 15.4. The van der Waals surface area contributed by atoms with E-state index in [1.54, 1.807) is 4.90 Å². The maximum Gasteiger partial charge on any atom is 0.242 e. The number of rotatable bonds is 4. The molecule has 1 aromatic rings. The second-order valence-corrected chi connectivity index (χ2v) is 8.09. The van der Waals surface area contributed by atoms with Crippen molar-refractivity contribution >= 4 is 11.8 Å². The van der Waals surface area contributed by atoms with Gasteiger partial charge in [-0.3, -0.25) is 9.59 Å². The molecule has 0 aromatic heterocycles. The van der Waals surface area contributed by atoms with Crippen LogP contribution >= 0.6 is 0 Å². The lowest BCUT2D eigenvalue weighted by Gasteiger charge is -2.41. The molecule has 0 bridgehead atoms. The third kappa shape index (κ3) is 3.78. The molecule has 3 fully saturated rings. The van der Waals surface area contributed by atoms with Crippen molar-refractivity contribution < 1.29 is 14.3 Å². The van der Waals surface area contributed by atoms with Crippen molar-refractivity contribution in [1.29, 1.82) is 0 Å². The number of ether oxygens (including phenoxy) is 1. The van der Waals surface area contributed by atoms with Crippen molar-refractivity contribution in [3.63, 3.8) is 0 Å². The van der Waals surface area contributed by atoms with Gasteiger partial charge in [-0.15, -0.1) is 0 Å². The van der Waals surface area contributed by atoms with Gasteiger partial charge in [0, 0.05) is 26.1 Å². The first-order valence-electron chi connectivity index (χ1n) is 9.87. The minimum absolute atomic E-state index is 0.0771. The second kappa shape index (κ2) is 7.39. The van der Waals surface area contributed by atoms with Crippen LogP contribution in [0.4, 0.5) is 0 Å². The molecular formula is C21H28N2O3. The first-order valence-corrected chi connectivity index (χ1v) is 9.87. The van der Waals surface area contributed by atoms with Gasteiger partial charge >= 0.3 is 0 Å². The lowest BCUT2D eigenvalue weighted by atomic mass is 9.99. The number of morpholine rings is 1. The number of carbonyl (C=O) groups excluding carboxylic acids is 2. The van der Waals surface area contributed by atoms with Crippen molar-refractivity contribution in [2.45, 2.75) is 44.1 Å². The summed E-state index contributed by atoms with van der Waals surface area (Å²) in [6.45, 7) is 2.88. The Labute approximate surface area is 155 Å². The molecule has 2 heterocycles. The Balaban J connectivity index is 1.32. The fourth-order valence-electron chi connectivity index (χ4n) is 4.73. The average Bonchev–Trinajstić information content (AvgIpc) is 3.23. The number of nitrogens with zero attached hydrogens (tertiary/aromatic N) is 2. The third-order valence-electron chi connectivity index (χ3n) is 6.10. The zero-order valence-corrected chi connectivity index (χ0v) is 15.4. The Morgan fingerprint density at radius 3 is 2.73 bits per heavy atom. The molecule has 2 amide bonds. The van der Waals surface area contributed by atoms with Crippen LogP contribution in [0.15, 0.2) is 30.3 Å². The molecule has 1 saturated carbocycles. The van der Waals surface area contributed by atoms with Gasteiger partial charge in [0.15, 0.2) is 0 Å². The molecule has 5 nitrogen and oxygen atoms in total. The van der Waals surface area contributed by atoms with E-state index in [4.69, 9.17) is 4.74 Å². The molecule has 1 spiro atoms. The van der Waals surface area contributed by atoms with Crippen LogP contribution in [-0.2, 0) is 20.7 Å². The third-order valence-corrected chi connectivity index (χ3v) is 6.10. The van der Waals surface area contributed by atoms with E-state index in [0.717, 1.165) is 19.3 Å². The summed E-state index contributed by atoms with van der Waals surface area (Å²) in [5.41, 5.74) is 1.15. The number of amides is 2. The normalized spacial score (nSPS) is 25.2.